The summed E-state index contributed by atoms with van der Waals surface area (Å²) in [4.78, 5) is 12.7. The number of carbonyl (C=O) groups is 1. The molecule has 2 rings (SSSR count). The number of esters is 1. The van der Waals surface area contributed by atoms with Crippen molar-refractivity contribution in [1.29, 1.82) is 0 Å². The highest BCUT2D eigenvalue weighted by atomic mass is 32.2. The van der Waals surface area contributed by atoms with Gasteiger partial charge in [-0.15, -0.1) is 0 Å². The van der Waals surface area contributed by atoms with Crippen molar-refractivity contribution in [2.75, 3.05) is 21.2 Å². The topological polar surface area (TPSA) is 119 Å². The van der Waals surface area contributed by atoms with Gasteiger partial charge < -0.3 is 9.47 Å². The van der Waals surface area contributed by atoms with E-state index >= 15 is 0 Å². The molecule has 0 radical (unpaired) electrons. The van der Waals surface area contributed by atoms with Crippen molar-refractivity contribution in [3.05, 3.63) is 54.1 Å². The molecular formula is C21H28N2O7S2. The molecule has 2 aromatic carbocycles. The minimum atomic E-state index is -3.98. The van der Waals surface area contributed by atoms with E-state index in [-0.39, 0.29) is 16.4 Å². The summed E-state index contributed by atoms with van der Waals surface area (Å²) in [6.45, 7) is 3.17. The van der Waals surface area contributed by atoms with Crippen molar-refractivity contribution >= 4 is 26.0 Å². The smallest absolute Gasteiger partial charge is 0.324 e. The zero-order valence-corrected chi connectivity index (χ0v) is 20.2. The molecule has 2 aromatic rings. The van der Waals surface area contributed by atoms with Gasteiger partial charge in [0, 0.05) is 14.1 Å². The van der Waals surface area contributed by atoms with Crippen molar-refractivity contribution in [3.63, 3.8) is 0 Å². The lowest BCUT2D eigenvalue weighted by atomic mass is 10.1. The van der Waals surface area contributed by atoms with Crippen molar-refractivity contribution in [2.45, 2.75) is 36.3 Å². The van der Waals surface area contributed by atoms with E-state index in [4.69, 9.17) is 9.47 Å². The van der Waals surface area contributed by atoms with E-state index < -0.39 is 38.0 Å². The fourth-order valence-corrected chi connectivity index (χ4v) is 5.00. The summed E-state index contributed by atoms with van der Waals surface area (Å²) < 4.78 is 63.8. The molecule has 1 atom stereocenters. The summed E-state index contributed by atoms with van der Waals surface area (Å²) in [7, 11) is -3.31. The lowest BCUT2D eigenvalue weighted by Gasteiger charge is -2.21. The first kappa shape index (κ1) is 25.8. The number of methoxy groups -OCH3 is 1. The molecule has 9 nitrogen and oxygen atoms in total. The van der Waals surface area contributed by atoms with Gasteiger partial charge in [0.2, 0.25) is 20.0 Å². The number of rotatable bonds is 10. The van der Waals surface area contributed by atoms with Crippen LogP contribution in [0.2, 0.25) is 0 Å². The molecule has 0 aliphatic heterocycles. The average Bonchev–Trinajstić information content (AvgIpc) is 2.75. The van der Waals surface area contributed by atoms with Gasteiger partial charge in [-0.2, -0.15) is 4.72 Å². The number of hydrogen-bond acceptors (Lipinski definition) is 7. The molecule has 11 heteroatoms. The lowest BCUT2D eigenvalue weighted by Crippen LogP contribution is -2.45. The Morgan fingerprint density at radius 2 is 1.62 bits per heavy atom. The summed E-state index contributed by atoms with van der Waals surface area (Å²) in [6, 6.07) is 10.7. The number of nitrogens with one attached hydrogen (secondary N) is 1. The summed E-state index contributed by atoms with van der Waals surface area (Å²) in [5.41, 5.74) is 0.460. The fraction of sp³-hybridized carbons (Fsp3) is 0.381. The van der Waals surface area contributed by atoms with Crippen molar-refractivity contribution in [1.82, 2.24) is 9.03 Å². The normalized spacial score (nSPS) is 13.2. The minimum Gasteiger partial charge on any atom is -0.497 e. The molecule has 0 aliphatic carbocycles. The molecule has 0 bridgehead atoms. The molecule has 32 heavy (non-hydrogen) atoms. The van der Waals surface area contributed by atoms with Gasteiger partial charge in [-0.1, -0.05) is 26.0 Å². The SMILES string of the molecule is COc1ccc(S(=O)(=O)N[C@H](C(=O)OCc2cccc(S(=O)(=O)N(C)C)c2)C(C)C)cc1. The second kappa shape index (κ2) is 10.4. The van der Waals surface area contributed by atoms with Crippen LogP contribution in [0.3, 0.4) is 0 Å². The summed E-state index contributed by atoms with van der Waals surface area (Å²) in [6.07, 6.45) is 0. The summed E-state index contributed by atoms with van der Waals surface area (Å²) in [5.74, 6) is -0.656. The van der Waals surface area contributed by atoms with Crippen LogP contribution >= 0.6 is 0 Å². The van der Waals surface area contributed by atoms with Gasteiger partial charge in [0.15, 0.2) is 0 Å². The summed E-state index contributed by atoms with van der Waals surface area (Å²) >= 11 is 0. The van der Waals surface area contributed by atoms with E-state index in [0.717, 1.165) is 4.31 Å². The first-order valence-electron chi connectivity index (χ1n) is 9.73. The molecule has 176 valence electrons. The molecule has 0 aromatic heterocycles. The Kier molecular flexibility index (Phi) is 8.41. The molecule has 0 fully saturated rings. The van der Waals surface area contributed by atoms with Crippen molar-refractivity contribution in [2.24, 2.45) is 5.92 Å². The number of ether oxygens (including phenoxy) is 2. The van der Waals surface area contributed by atoms with Gasteiger partial charge in [0.05, 0.1) is 16.9 Å². The predicted octanol–water partition coefficient (Wildman–Crippen LogP) is 1.99. The molecule has 0 unspecified atom stereocenters. The number of carbonyl (C=O) groups excluding carboxylic acids is 1. The first-order valence-corrected chi connectivity index (χ1v) is 12.7. The zero-order chi connectivity index (χ0) is 24.1. The van der Waals surface area contributed by atoms with E-state index in [0.29, 0.717) is 11.3 Å². The van der Waals surface area contributed by atoms with Crippen molar-refractivity contribution in [3.8, 4) is 5.75 Å². The van der Waals surface area contributed by atoms with Crippen LogP contribution in [-0.2, 0) is 36.2 Å². The fourth-order valence-electron chi connectivity index (χ4n) is 2.70. The van der Waals surface area contributed by atoms with E-state index in [2.05, 4.69) is 4.72 Å². The second-order valence-electron chi connectivity index (χ2n) is 7.56. The van der Waals surface area contributed by atoms with Crippen molar-refractivity contribution < 1.29 is 31.1 Å². The maximum Gasteiger partial charge on any atom is 0.324 e. The van der Waals surface area contributed by atoms with Gasteiger partial charge in [-0.25, -0.2) is 21.1 Å². The molecule has 0 aliphatic rings. The van der Waals surface area contributed by atoms with Gasteiger partial charge in [0.25, 0.3) is 0 Å². The maximum atomic E-state index is 12.7. The Bertz CT molecular complexity index is 1140. The highest BCUT2D eigenvalue weighted by Crippen LogP contribution is 2.18. The lowest BCUT2D eigenvalue weighted by molar-refractivity contribution is -0.148. The van der Waals surface area contributed by atoms with Crippen LogP contribution in [0.25, 0.3) is 0 Å². The molecule has 0 saturated heterocycles. The van der Waals surface area contributed by atoms with Crippen LogP contribution in [0.15, 0.2) is 58.3 Å². The molecule has 0 amide bonds. The van der Waals surface area contributed by atoms with Crippen LogP contribution < -0.4 is 9.46 Å². The Hall–Kier alpha value is -2.47. The highest BCUT2D eigenvalue weighted by Gasteiger charge is 2.30. The molecule has 1 N–H and O–H groups in total. The Labute approximate surface area is 189 Å². The van der Waals surface area contributed by atoms with Gasteiger partial charge in [0.1, 0.15) is 18.4 Å². The second-order valence-corrected chi connectivity index (χ2v) is 11.4. The van der Waals surface area contributed by atoms with Crippen LogP contribution in [-0.4, -0.2) is 54.4 Å². The minimum absolute atomic E-state index is 0.0154. The van der Waals surface area contributed by atoms with Gasteiger partial charge in [-0.05, 0) is 47.9 Å². The number of benzene rings is 2. The van der Waals surface area contributed by atoms with E-state index in [1.54, 1.807) is 26.0 Å². The van der Waals surface area contributed by atoms with E-state index in [9.17, 15) is 21.6 Å². The molecule has 0 saturated carbocycles. The quantitative estimate of drug-likeness (QED) is 0.512. The molecular weight excluding hydrogens is 456 g/mol. The summed E-state index contributed by atoms with van der Waals surface area (Å²) in [5, 5.41) is 0. The Balaban J connectivity index is 2.14. The third-order valence-corrected chi connectivity index (χ3v) is 7.90. The average molecular weight is 485 g/mol. The number of hydrogen-bond donors (Lipinski definition) is 1. The number of sulfonamides is 2. The largest absolute Gasteiger partial charge is 0.497 e. The van der Waals surface area contributed by atoms with Crippen LogP contribution in [0.4, 0.5) is 0 Å². The zero-order valence-electron chi connectivity index (χ0n) is 18.6. The van der Waals surface area contributed by atoms with Gasteiger partial charge in [-0.3, -0.25) is 4.79 Å². The maximum absolute atomic E-state index is 12.7. The van der Waals surface area contributed by atoms with Crippen LogP contribution in [0.5, 0.6) is 5.75 Å². The third kappa shape index (κ3) is 6.28. The molecule has 0 spiro atoms. The standard InChI is InChI=1S/C21H28N2O7S2/c1-15(2)20(22-31(25,26)18-11-9-17(29-5)10-12-18)21(24)30-14-16-7-6-8-19(13-16)32(27,28)23(3)4/h6-13,15,20,22H,14H2,1-5H3/t20-/m0/s1. The Morgan fingerprint density at radius 1 is 1.00 bits per heavy atom. The van der Waals surface area contributed by atoms with Crippen LogP contribution in [0, 0.1) is 5.92 Å². The van der Waals surface area contributed by atoms with Crippen LogP contribution in [0.1, 0.15) is 19.4 Å². The number of nitrogens with zero attached hydrogens (tertiary/aromatic N) is 1. The highest BCUT2D eigenvalue weighted by molar-refractivity contribution is 7.89. The predicted molar refractivity (Wildman–Crippen MR) is 119 cm³/mol. The monoisotopic (exact) mass is 484 g/mol. The van der Waals surface area contributed by atoms with E-state index in [1.165, 1.54) is 57.6 Å². The third-order valence-electron chi connectivity index (χ3n) is 4.63. The Morgan fingerprint density at radius 3 is 2.16 bits per heavy atom. The molecule has 0 heterocycles. The van der Waals surface area contributed by atoms with E-state index in [1.807, 2.05) is 0 Å². The van der Waals surface area contributed by atoms with Gasteiger partial charge >= 0.3 is 5.97 Å². The first-order chi connectivity index (χ1) is 14.9.